The number of ether oxygens (including phenoxy) is 1. The maximum Gasteiger partial charge on any atom is 0.422 e. The molecule has 1 nitrogen and oxygen atoms in total. The lowest BCUT2D eigenvalue weighted by atomic mass is 10.2. The molecular weight excluding hydrogens is 207 g/mol. The van der Waals surface area contributed by atoms with Crippen molar-refractivity contribution >= 4 is 0 Å². The van der Waals surface area contributed by atoms with Crippen molar-refractivity contribution in [1.29, 1.82) is 0 Å². The van der Waals surface area contributed by atoms with Gasteiger partial charge in [-0.25, -0.2) is 8.78 Å². The van der Waals surface area contributed by atoms with Crippen molar-refractivity contribution in [2.45, 2.75) is 6.18 Å². The number of rotatable bonds is 1. The van der Waals surface area contributed by atoms with E-state index in [4.69, 9.17) is 0 Å². The third-order valence-corrected chi connectivity index (χ3v) is 1.53. The highest BCUT2D eigenvalue weighted by atomic mass is 19.4. The van der Waals surface area contributed by atoms with Crippen molar-refractivity contribution in [2.24, 2.45) is 0 Å². The van der Waals surface area contributed by atoms with E-state index in [1.165, 1.54) is 0 Å². The van der Waals surface area contributed by atoms with Crippen LogP contribution in [-0.4, -0.2) is 7.11 Å². The highest BCUT2D eigenvalue weighted by molar-refractivity contribution is 5.32. The minimum absolute atomic E-state index is 0.298. The normalized spacial score (nSPS) is 11.6. The van der Waals surface area contributed by atoms with Gasteiger partial charge in [-0.1, -0.05) is 0 Å². The summed E-state index contributed by atoms with van der Waals surface area (Å²) in [4.78, 5) is 0. The van der Waals surface area contributed by atoms with Crippen LogP contribution < -0.4 is 4.74 Å². The SMILES string of the molecule is COc1cc(F)c(C(F)(F)F)c(F)c1. The molecule has 0 unspecified atom stereocenters. The molecule has 0 fully saturated rings. The Labute approximate surface area is 76.1 Å². The lowest BCUT2D eigenvalue weighted by Crippen LogP contribution is -2.11. The van der Waals surface area contributed by atoms with Gasteiger partial charge in [-0.2, -0.15) is 13.2 Å². The van der Waals surface area contributed by atoms with Gasteiger partial charge in [0.05, 0.1) is 7.11 Å². The Hall–Kier alpha value is -1.33. The molecule has 0 aliphatic carbocycles. The molecule has 0 bridgehead atoms. The summed E-state index contributed by atoms with van der Waals surface area (Å²) in [5.74, 6) is -3.67. The molecule has 0 aliphatic heterocycles. The lowest BCUT2D eigenvalue weighted by Gasteiger charge is -2.10. The van der Waals surface area contributed by atoms with Crippen molar-refractivity contribution in [3.8, 4) is 5.75 Å². The van der Waals surface area contributed by atoms with Crippen LogP contribution in [0.2, 0.25) is 0 Å². The standard InChI is InChI=1S/C8H5F5O/c1-14-4-2-5(9)7(6(10)3-4)8(11,12)13/h2-3H,1H3. The van der Waals surface area contributed by atoms with Gasteiger partial charge in [0.2, 0.25) is 0 Å². The van der Waals surface area contributed by atoms with Crippen molar-refractivity contribution in [2.75, 3.05) is 7.11 Å². The van der Waals surface area contributed by atoms with E-state index in [1.807, 2.05) is 0 Å². The second-order valence-corrected chi connectivity index (χ2v) is 2.46. The molecule has 78 valence electrons. The minimum Gasteiger partial charge on any atom is -0.497 e. The van der Waals surface area contributed by atoms with E-state index in [-0.39, 0.29) is 5.75 Å². The maximum absolute atomic E-state index is 12.8. The fraction of sp³-hybridized carbons (Fsp3) is 0.250. The highest BCUT2D eigenvalue weighted by Gasteiger charge is 2.37. The van der Waals surface area contributed by atoms with Crippen LogP contribution in [0.5, 0.6) is 5.75 Å². The predicted octanol–water partition coefficient (Wildman–Crippen LogP) is 2.99. The second-order valence-electron chi connectivity index (χ2n) is 2.46. The summed E-state index contributed by atoms with van der Waals surface area (Å²) in [6.07, 6.45) is -5.04. The molecule has 0 atom stereocenters. The summed E-state index contributed by atoms with van der Waals surface area (Å²) in [5.41, 5.74) is -1.90. The van der Waals surface area contributed by atoms with Crippen LogP contribution in [0.15, 0.2) is 12.1 Å². The van der Waals surface area contributed by atoms with Gasteiger partial charge in [-0.15, -0.1) is 0 Å². The van der Waals surface area contributed by atoms with Gasteiger partial charge in [0.1, 0.15) is 22.9 Å². The van der Waals surface area contributed by atoms with Crippen LogP contribution in [0.25, 0.3) is 0 Å². The summed E-state index contributed by atoms with van der Waals surface area (Å²) in [7, 11) is 1.10. The van der Waals surface area contributed by atoms with Gasteiger partial charge in [-0.3, -0.25) is 0 Å². The molecule has 0 N–H and O–H groups in total. The Morgan fingerprint density at radius 3 is 1.79 bits per heavy atom. The van der Waals surface area contributed by atoms with Crippen LogP contribution in [0.3, 0.4) is 0 Å². The number of methoxy groups -OCH3 is 1. The Kier molecular flexibility index (Phi) is 2.64. The van der Waals surface area contributed by atoms with Crippen LogP contribution in [0.1, 0.15) is 5.56 Å². The fourth-order valence-corrected chi connectivity index (χ4v) is 0.939. The van der Waals surface area contributed by atoms with Gasteiger partial charge >= 0.3 is 6.18 Å². The van der Waals surface area contributed by atoms with Gasteiger partial charge in [0, 0.05) is 12.1 Å². The fourth-order valence-electron chi connectivity index (χ4n) is 0.939. The average molecular weight is 212 g/mol. The van der Waals surface area contributed by atoms with Crippen molar-refractivity contribution in [1.82, 2.24) is 0 Å². The molecule has 0 amide bonds. The summed E-state index contributed by atoms with van der Waals surface area (Å²) >= 11 is 0. The average Bonchev–Trinajstić information content (AvgIpc) is 1.99. The monoisotopic (exact) mass is 212 g/mol. The zero-order valence-corrected chi connectivity index (χ0v) is 6.95. The summed E-state index contributed by atoms with van der Waals surface area (Å²) < 4.78 is 66.0. The Bertz CT molecular complexity index is 321. The summed E-state index contributed by atoms with van der Waals surface area (Å²) in [6.45, 7) is 0. The van der Waals surface area contributed by atoms with Crippen LogP contribution in [-0.2, 0) is 6.18 Å². The van der Waals surface area contributed by atoms with E-state index >= 15 is 0 Å². The molecule has 0 aliphatic rings. The molecule has 0 saturated heterocycles. The first-order chi connectivity index (χ1) is 6.36. The summed E-state index contributed by atoms with van der Waals surface area (Å²) in [5, 5.41) is 0. The molecular formula is C8H5F5O. The molecule has 1 aromatic rings. The van der Waals surface area contributed by atoms with E-state index < -0.39 is 23.4 Å². The van der Waals surface area contributed by atoms with E-state index in [9.17, 15) is 22.0 Å². The van der Waals surface area contributed by atoms with E-state index in [1.54, 1.807) is 0 Å². The van der Waals surface area contributed by atoms with E-state index in [0.29, 0.717) is 12.1 Å². The third kappa shape index (κ3) is 1.94. The van der Waals surface area contributed by atoms with Crippen LogP contribution >= 0.6 is 0 Å². The first-order valence-corrected chi connectivity index (χ1v) is 3.46. The molecule has 0 heterocycles. The van der Waals surface area contributed by atoms with Gasteiger partial charge < -0.3 is 4.74 Å². The first kappa shape index (κ1) is 10.7. The van der Waals surface area contributed by atoms with Crippen molar-refractivity contribution < 1.29 is 26.7 Å². The molecule has 0 radical (unpaired) electrons. The second kappa shape index (κ2) is 3.43. The third-order valence-electron chi connectivity index (χ3n) is 1.53. The summed E-state index contributed by atoms with van der Waals surface area (Å²) in [6, 6.07) is 0.956. The van der Waals surface area contributed by atoms with Crippen molar-refractivity contribution in [3.05, 3.63) is 29.3 Å². The van der Waals surface area contributed by atoms with Crippen LogP contribution in [0.4, 0.5) is 22.0 Å². The number of alkyl halides is 3. The topological polar surface area (TPSA) is 9.23 Å². The Morgan fingerprint density at radius 1 is 1.07 bits per heavy atom. The van der Waals surface area contributed by atoms with E-state index in [0.717, 1.165) is 7.11 Å². The number of hydrogen-bond donors (Lipinski definition) is 0. The Morgan fingerprint density at radius 2 is 1.50 bits per heavy atom. The smallest absolute Gasteiger partial charge is 0.422 e. The number of benzene rings is 1. The highest BCUT2D eigenvalue weighted by Crippen LogP contribution is 2.35. The zero-order chi connectivity index (χ0) is 10.9. The lowest BCUT2D eigenvalue weighted by molar-refractivity contribution is -0.142. The van der Waals surface area contributed by atoms with Crippen LogP contribution in [0, 0.1) is 11.6 Å². The van der Waals surface area contributed by atoms with Crippen molar-refractivity contribution in [3.63, 3.8) is 0 Å². The maximum atomic E-state index is 12.8. The molecule has 1 aromatic carbocycles. The number of halogens is 5. The minimum atomic E-state index is -5.04. The van der Waals surface area contributed by atoms with Gasteiger partial charge in [0.25, 0.3) is 0 Å². The Balaban J connectivity index is 3.33. The molecule has 1 rings (SSSR count). The van der Waals surface area contributed by atoms with Gasteiger partial charge in [-0.05, 0) is 0 Å². The quantitative estimate of drug-likeness (QED) is 0.650. The molecule has 14 heavy (non-hydrogen) atoms. The molecule has 6 heteroatoms. The number of hydrogen-bond acceptors (Lipinski definition) is 1. The molecule has 0 saturated carbocycles. The molecule has 0 aromatic heterocycles. The van der Waals surface area contributed by atoms with E-state index in [2.05, 4.69) is 4.74 Å². The largest absolute Gasteiger partial charge is 0.497 e. The first-order valence-electron chi connectivity index (χ1n) is 3.46. The van der Waals surface area contributed by atoms with Gasteiger partial charge in [0.15, 0.2) is 0 Å². The predicted molar refractivity (Wildman–Crippen MR) is 37.9 cm³/mol. The molecule has 0 spiro atoms. The zero-order valence-electron chi connectivity index (χ0n) is 6.95.